The standard InChI is InChI=1S/C14H23FN2/c1-10(2)11(3)17(4)9-13-7-12(8-16)5-6-14(13)15/h5-7,10-11H,8-9,16H2,1-4H3. The number of hydrogen-bond acceptors (Lipinski definition) is 2. The first-order chi connectivity index (χ1) is 7.95. The maximum Gasteiger partial charge on any atom is 0.127 e. The van der Waals surface area contributed by atoms with E-state index in [4.69, 9.17) is 5.73 Å². The SMILES string of the molecule is CC(C)C(C)N(C)Cc1cc(CN)ccc1F. The molecule has 17 heavy (non-hydrogen) atoms. The zero-order chi connectivity index (χ0) is 13.0. The van der Waals surface area contributed by atoms with Crippen LogP contribution < -0.4 is 5.73 Å². The lowest BCUT2D eigenvalue weighted by molar-refractivity contribution is 0.198. The molecule has 0 aliphatic heterocycles. The van der Waals surface area contributed by atoms with Crippen LogP contribution in [0.15, 0.2) is 18.2 Å². The highest BCUT2D eigenvalue weighted by Gasteiger charge is 2.15. The van der Waals surface area contributed by atoms with Gasteiger partial charge in [0.05, 0.1) is 0 Å². The largest absolute Gasteiger partial charge is 0.326 e. The van der Waals surface area contributed by atoms with E-state index in [1.54, 1.807) is 6.07 Å². The minimum atomic E-state index is -0.148. The first-order valence-electron chi connectivity index (χ1n) is 6.13. The second-order valence-corrected chi connectivity index (χ2v) is 5.03. The summed E-state index contributed by atoms with van der Waals surface area (Å²) in [4.78, 5) is 2.17. The summed E-state index contributed by atoms with van der Waals surface area (Å²) < 4.78 is 13.7. The van der Waals surface area contributed by atoms with E-state index < -0.39 is 0 Å². The fourth-order valence-electron chi connectivity index (χ4n) is 1.80. The van der Waals surface area contributed by atoms with Crippen molar-refractivity contribution >= 4 is 0 Å². The molecule has 1 unspecified atom stereocenters. The van der Waals surface area contributed by atoms with Crippen LogP contribution >= 0.6 is 0 Å². The Balaban J connectivity index is 2.80. The number of halogens is 1. The monoisotopic (exact) mass is 238 g/mol. The normalized spacial score (nSPS) is 13.4. The molecule has 0 saturated carbocycles. The van der Waals surface area contributed by atoms with Crippen molar-refractivity contribution in [2.24, 2.45) is 11.7 Å². The topological polar surface area (TPSA) is 29.3 Å². The van der Waals surface area contributed by atoms with Gasteiger partial charge in [-0.05, 0) is 31.5 Å². The van der Waals surface area contributed by atoms with Gasteiger partial charge in [0.2, 0.25) is 0 Å². The third-order valence-electron chi connectivity index (χ3n) is 3.43. The number of benzene rings is 1. The third kappa shape index (κ3) is 3.79. The molecular formula is C14H23FN2. The summed E-state index contributed by atoms with van der Waals surface area (Å²) in [6, 6.07) is 5.53. The summed E-state index contributed by atoms with van der Waals surface area (Å²) in [7, 11) is 2.03. The molecule has 3 heteroatoms. The summed E-state index contributed by atoms with van der Waals surface area (Å²) in [5, 5.41) is 0. The van der Waals surface area contributed by atoms with Gasteiger partial charge in [0, 0.05) is 24.7 Å². The highest BCUT2D eigenvalue weighted by Crippen LogP contribution is 2.16. The van der Waals surface area contributed by atoms with Crippen LogP contribution in [0, 0.1) is 11.7 Å². The number of nitrogens with zero attached hydrogens (tertiary/aromatic N) is 1. The molecule has 0 radical (unpaired) electrons. The summed E-state index contributed by atoms with van der Waals surface area (Å²) in [5.74, 6) is 0.408. The Hall–Kier alpha value is -0.930. The molecule has 96 valence electrons. The Labute approximate surface area is 104 Å². The minimum absolute atomic E-state index is 0.148. The molecule has 0 amide bonds. The molecule has 0 aliphatic carbocycles. The molecule has 0 bridgehead atoms. The molecular weight excluding hydrogens is 215 g/mol. The van der Waals surface area contributed by atoms with Crippen molar-refractivity contribution in [2.45, 2.75) is 39.9 Å². The highest BCUT2D eigenvalue weighted by atomic mass is 19.1. The molecule has 0 fully saturated rings. The van der Waals surface area contributed by atoms with Crippen molar-refractivity contribution in [3.05, 3.63) is 35.1 Å². The zero-order valence-electron chi connectivity index (χ0n) is 11.2. The van der Waals surface area contributed by atoms with Gasteiger partial charge in [-0.2, -0.15) is 0 Å². The van der Waals surface area contributed by atoms with Crippen molar-refractivity contribution < 1.29 is 4.39 Å². The van der Waals surface area contributed by atoms with Gasteiger partial charge in [0.15, 0.2) is 0 Å². The van der Waals surface area contributed by atoms with Gasteiger partial charge in [-0.3, -0.25) is 4.90 Å². The molecule has 1 aromatic carbocycles. The van der Waals surface area contributed by atoms with Crippen molar-refractivity contribution in [3.8, 4) is 0 Å². The molecule has 1 atom stereocenters. The van der Waals surface area contributed by atoms with Crippen LogP contribution in [0.1, 0.15) is 31.9 Å². The van der Waals surface area contributed by atoms with Crippen molar-refractivity contribution in [1.82, 2.24) is 4.90 Å². The predicted molar refractivity (Wildman–Crippen MR) is 70.1 cm³/mol. The van der Waals surface area contributed by atoms with E-state index in [-0.39, 0.29) is 5.82 Å². The Morgan fingerprint density at radius 1 is 1.29 bits per heavy atom. The van der Waals surface area contributed by atoms with E-state index in [0.29, 0.717) is 25.0 Å². The Morgan fingerprint density at radius 3 is 2.47 bits per heavy atom. The molecule has 0 heterocycles. The molecule has 2 N–H and O–H groups in total. The van der Waals surface area contributed by atoms with Gasteiger partial charge >= 0.3 is 0 Å². The molecule has 0 aromatic heterocycles. The molecule has 0 aliphatic rings. The summed E-state index contributed by atoms with van der Waals surface area (Å²) in [5.41, 5.74) is 7.28. The maximum atomic E-state index is 13.7. The average Bonchev–Trinajstić information content (AvgIpc) is 2.30. The lowest BCUT2D eigenvalue weighted by Gasteiger charge is -2.28. The molecule has 0 saturated heterocycles. The maximum absolute atomic E-state index is 13.7. The van der Waals surface area contributed by atoms with Crippen LogP contribution in [-0.2, 0) is 13.1 Å². The zero-order valence-corrected chi connectivity index (χ0v) is 11.2. The van der Waals surface area contributed by atoms with Gasteiger partial charge in [0.25, 0.3) is 0 Å². The number of nitrogens with two attached hydrogens (primary N) is 1. The molecule has 1 rings (SSSR count). The number of rotatable bonds is 5. The lowest BCUT2D eigenvalue weighted by atomic mass is 10.0. The van der Waals surface area contributed by atoms with Crippen molar-refractivity contribution in [1.29, 1.82) is 0 Å². The fraction of sp³-hybridized carbons (Fsp3) is 0.571. The summed E-state index contributed by atoms with van der Waals surface area (Å²) in [6.45, 7) is 7.59. The van der Waals surface area contributed by atoms with Crippen LogP contribution in [0.3, 0.4) is 0 Å². The molecule has 2 nitrogen and oxygen atoms in total. The van der Waals surface area contributed by atoms with Crippen LogP contribution in [0.4, 0.5) is 4.39 Å². The first-order valence-corrected chi connectivity index (χ1v) is 6.13. The second kappa shape index (κ2) is 6.12. The Kier molecular flexibility index (Phi) is 5.09. The van der Waals surface area contributed by atoms with Crippen LogP contribution in [0.25, 0.3) is 0 Å². The van der Waals surface area contributed by atoms with E-state index in [2.05, 4.69) is 25.7 Å². The van der Waals surface area contributed by atoms with Gasteiger partial charge in [-0.1, -0.05) is 26.0 Å². The van der Waals surface area contributed by atoms with E-state index in [0.717, 1.165) is 11.1 Å². The van der Waals surface area contributed by atoms with Crippen LogP contribution in [0.5, 0.6) is 0 Å². The average molecular weight is 238 g/mol. The van der Waals surface area contributed by atoms with Crippen LogP contribution in [-0.4, -0.2) is 18.0 Å². The number of hydrogen-bond donors (Lipinski definition) is 1. The Morgan fingerprint density at radius 2 is 1.94 bits per heavy atom. The van der Waals surface area contributed by atoms with Crippen molar-refractivity contribution in [3.63, 3.8) is 0 Å². The van der Waals surface area contributed by atoms with Gasteiger partial charge < -0.3 is 5.73 Å². The predicted octanol–water partition coefficient (Wildman–Crippen LogP) is 2.76. The van der Waals surface area contributed by atoms with Crippen molar-refractivity contribution in [2.75, 3.05) is 7.05 Å². The van der Waals surface area contributed by atoms with Gasteiger partial charge in [-0.15, -0.1) is 0 Å². The fourth-order valence-corrected chi connectivity index (χ4v) is 1.80. The summed E-state index contributed by atoms with van der Waals surface area (Å²) >= 11 is 0. The summed E-state index contributed by atoms with van der Waals surface area (Å²) in [6.07, 6.45) is 0. The first kappa shape index (κ1) is 14.1. The molecule has 1 aromatic rings. The van der Waals surface area contributed by atoms with E-state index >= 15 is 0 Å². The second-order valence-electron chi connectivity index (χ2n) is 5.03. The quantitative estimate of drug-likeness (QED) is 0.854. The molecule has 0 spiro atoms. The smallest absolute Gasteiger partial charge is 0.127 e. The Bertz CT molecular complexity index is 363. The van der Waals surface area contributed by atoms with Gasteiger partial charge in [-0.25, -0.2) is 4.39 Å². The van der Waals surface area contributed by atoms with E-state index in [9.17, 15) is 4.39 Å². The van der Waals surface area contributed by atoms with E-state index in [1.807, 2.05) is 13.1 Å². The van der Waals surface area contributed by atoms with Gasteiger partial charge in [0.1, 0.15) is 5.82 Å². The highest BCUT2D eigenvalue weighted by molar-refractivity contribution is 5.25. The van der Waals surface area contributed by atoms with Crippen LogP contribution in [0.2, 0.25) is 0 Å². The third-order valence-corrected chi connectivity index (χ3v) is 3.43. The lowest BCUT2D eigenvalue weighted by Crippen LogP contribution is -2.33. The minimum Gasteiger partial charge on any atom is -0.326 e. The van der Waals surface area contributed by atoms with E-state index in [1.165, 1.54) is 6.07 Å².